The van der Waals surface area contributed by atoms with Crippen LogP contribution in [0.5, 0.6) is 0 Å². The summed E-state index contributed by atoms with van der Waals surface area (Å²) in [7, 11) is 0. The number of ether oxygens (including phenoxy) is 1. The zero-order chi connectivity index (χ0) is 13.8. The predicted molar refractivity (Wildman–Crippen MR) is 80.2 cm³/mol. The van der Waals surface area contributed by atoms with Crippen molar-refractivity contribution in [3.63, 3.8) is 0 Å². The van der Waals surface area contributed by atoms with Crippen LogP contribution in [0.1, 0.15) is 25.8 Å². The highest BCUT2D eigenvalue weighted by molar-refractivity contribution is 6.35. The lowest BCUT2D eigenvalue weighted by atomic mass is 9.57. The number of hydrogen-bond acceptors (Lipinski definition) is 2. The molecule has 1 saturated carbocycles. The fourth-order valence-electron chi connectivity index (χ4n) is 3.54. The van der Waals surface area contributed by atoms with Gasteiger partial charge >= 0.3 is 0 Å². The van der Waals surface area contributed by atoms with Crippen LogP contribution in [-0.4, -0.2) is 18.8 Å². The Balaban J connectivity index is 1.84. The third-order valence-corrected chi connectivity index (χ3v) is 5.38. The minimum atomic E-state index is 0.141. The lowest BCUT2D eigenvalue weighted by Gasteiger charge is -2.55. The Morgan fingerprint density at radius 3 is 2.74 bits per heavy atom. The number of anilines is 1. The van der Waals surface area contributed by atoms with Gasteiger partial charge in [-0.05, 0) is 31.0 Å². The largest absolute Gasteiger partial charge is 0.380 e. The summed E-state index contributed by atoms with van der Waals surface area (Å²) in [6.07, 6.45) is 1.51. The SMILES string of the molecule is Cc1cc(Cl)c(NC2C3CCOC3C2(C)C)cc1Cl. The second-order valence-corrected chi connectivity index (χ2v) is 7.08. The average molecular weight is 300 g/mol. The topological polar surface area (TPSA) is 21.3 Å². The minimum absolute atomic E-state index is 0.141. The van der Waals surface area contributed by atoms with Crippen molar-refractivity contribution in [1.29, 1.82) is 0 Å². The molecule has 3 rings (SSSR count). The van der Waals surface area contributed by atoms with Crippen molar-refractivity contribution < 1.29 is 4.74 Å². The summed E-state index contributed by atoms with van der Waals surface area (Å²) in [6.45, 7) is 7.34. The summed E-state index contributed by atoms with van der Waals surface area (Å²) in [5, 5.41) is 5.07. The van der Waals surface area contributed by atoms with Gasteiger partial charge in [0.05, 0.1) is 16.8 Å². The quantitative estimate of drug-likeness (QED) is 0.866. The number of hydrogen-bond donors (Lipinski definition) is 1. The van der Waals surface area contributed by atoms with Crippen molar-refractivity contribution >= 4 is 28.9 Å². The molecule has 0 bridgehead atoms. The van der Waals surface area contributed by atoms with E-state index in [1.165, 1.54) is 0 Å². The van der Waals surface area contributed by atoms with Crippen LogP contribution in [0.2, 0.25) is 10.0 Å². The van der Waals surface area contributed by atoms with Crippen molar-refractivity contribution in [2.75, 3.05) is 11.9 Å². The Kier molecular flexibility index (Phi) is 3.24. The van der Waals surface area contributed by atoms with Crippen LogP contribution in [-0.2, 0) is 4.74 Å². The molecular formula is C15H19Cl2NO. The maximum absolute atomic E-state index is 6.31. The van der Waals surface area contributed by atoms with Crippen LogP contribution in [0.25, 0.3) is 0 Å². The molecule has 2 aliphatic rings. The standard InChI is InChI=1S/C15H19Cl2NO/c1-8-6-11(17)12(7-10(8)16)18-13-9-4-5-19-14(9)15(13,2)3/h6-7,9,13-14,18H,4-5H2,1-3H3. The molecule has 1 N–H and O–H groups in total. The molecular weight excluding hydrogens is 281 g/mol. The lowest BCUT2D eigenvalue weighted by molar-refractivity contribution is -0.0923. The van der Waals surface area contributed by atoms with Gasteiger partial charge < -0.3 is 10.1 Å². The average Bonchev–Trinajstić information content (AvgIpc) is 2.78. The first-order chi connectivity index (χ1) is 8.91. The summed E-state index contributed by atoms with van der Waals surface area (Å²) >= 11 is 12.5. The highest BCUT2D eigenvalue weighted by Gasteiger charge is 2.59. The summed E-state index contributed by atoms with van der Waals surface area (Å²) < 4.78 is 5.81. The molecule has 3 unspecified atom stereocenters. The van der Waals surface area contributed by atoms with Gasteiger partial charge in [0.25, 0.3) is 0 Å². The van der Waals surface area contributed by atoms with E-state index in [9.17, 15) is 0 Å². The number of fused-ring (bicyclic) bond motifs is 1. The molecule has 0 spiro atoms. The Hall–Kier alpha value is -0.440. The highest BCUT2D eigenvalue weighted by atomic mass is 35.5. The van der Waals surface area contributed by atoms with Gasteiger partial charge in [0, 0.05) is 29.0 Å². The van der Waals surface area contributed by atoms with Crippen LogP contribution in [0.15, 0.2) is 12.1 Å². The van der Waals surface area contributed by atoms with E-state index in [1.54, 1.807) is 0 Å². The molecule has 0 aromatic heterocycles. The zero-order valence-corrected chi connectivity index (χ0v) is 13.0. The first kappa shape index (κ1) is 13.5. The van der Waals surface area contributed by atoms with Crippen molar-refractivity contribution in [3.05, 3.63) is 27.7 Å². The van der Waals surface area contributed by atoms with Gasteiger partial charge in [0.2, 0.25) is 0 Å². The Morgan fingerprint density at radius 1 is 1.26 bits per heavy atom. The van der Waals surface area contributed by atoms with E-state index in [1.807, 2.05) is 19.1 Å². The molecule has 0 amide bonds. The number of rotatable bonds is 2. The fraction of sp³-hybridized carbons (Fsp3) is 0.600. The molecule has 19 heavy (non-hydrogen) atoms. The predicted octanol–water partition coefficient (Wildman–Crippen LogP) is 4.53. The van der Waals surface area contributed by atoms with Crippen LogP contribution in [0, 0.1) is 18.3 Å². The second kappa shape index (κ2) is 4.54. The maximum atomic E-state index is 6.31. The molecule has 4 heteroatoms. The third kappa shape index (κ3) is 2.05. The molecule has 104 valence electrons. The molecule has 2 nitrogen and oxygen atoms in total. The van der Waals surface area contributed by atoms with Gasteiger partial charge in [-0.2, -0.15) is 0 Å². The van der Waals surface area contributed by atoms with E-state index in [2.05, 4.69) is 19.2 Å². The number of aryl methyl sites for hydroxylation is 1. The fourth-order valence-corrected chi connectivity index (χ4v) is 3.98. The van der Waals surface area contributed by atoms with Crippen LogP contribution in [0.4, 0.5) is 5.69 Å². The van der Waals surface area contributed by atoms with E-state index in [4.69, 9.17) is 27.9 Å². The van der Waals surface area contributed by atoms with Gasteiger partial charge in [0.1, 0.15) is 0 Å². The van der Waals surface area contributed by atoms with E-state index in [-0.39, 0.29) is 5.41 Å². The van der Waals surface area contributed by atoms with Crippen LogP contribution >= 0.6 is 23.2 Å². The molecule has 3 atom stereocenters. The molecule has 1 aliphatic heterocycles. The van der Waals surface area contributed by atoms with Gasteiger partial charge in [-0.3, -0.25) is 0 Å². The minimum Gasteiger partial charge on any atom is -0.380 e. The Morgan fingerprint density at radius 2 is 2.00 bits per heavy atom. The molecule has 2 fully saturated rings. The van der Waals surface area contributed by atoms with Gasteiger partial charge in [-0.15, -0.1) is 0 Å². The van der Waals surface area contributed by atoms with E-state index in [0.29, 0.717) is 18.1 Å². The van der Waals surface area contributed by atoms with Gasteiger partial charge in [-0.25, -0.2) is 0 Å². The molecule has 1 heterocycles. The van der Waals surface area contributed by atoms with Crippen molar-refractivity contribution in [2.45, 2.75) is 39.3 Å². The molecule has 1 aliphatic carbocycles. The Bertz CT molecular complexity index is 515. The monoisotopic (exact) mass is 299 g/mol. The summed E-state index contributed by atoms with van der Waals surface area (Å²) in [4.78, 5) is 0. The lowest BCUT2D eigenvalue weighted by Crippen LogP contribution is -2.63. The molecule has 1 aromatic rings. The highest BCUT2D eigenvalue weighted by Crippen LogP contribution is 2.53. The zero-order valence-electron chi connectivity index (χ0n) is 11.5. The van der Waals surface area contributed by atoms with Crippen LogP contribution < -0.4 is 5.32 Å². The number of halogens is 2. The smallest absolute Gasteiger partial charge is 0.0694 e. The summed E-state index contributed by atoms with van der Waals surface area (Å²) in [5.74, 6) is 0.589. The van der Waals surface area contributed by atoms with Crippen molar-refractivity contribution in [3.8, 4) is 0 Å². The van der Waals surface area contributed by atoms with Crippen LogP contribution in [0.3, 0.4) is 0 Å². The molecule has 1 aromatic carbocycles. The summed E-state index contributed by atoms with van der Waals surface area (Å²) in [5.41, 5.74) is 2.08. The summed E-state index contributed by atoms with van der Waals surface area (Å²) in [6, 6.07) is 4.25. The van der Waals surface area contributed by atoms with Crippen molar-refractivity contribution in [1.82, 2.24) is 0 Å². The first-order valence-electron chi connectivity index (χ1n) is 6.75. The second-order valence-electron chi connectivity index (χ2n) is 6.27. The normalized spacial score (nSPS) is 31.7. The third-order valence-electron chi connectivity index (χ3n) is 4.66. The van der Waals surface area contributed by atoms with Crippen molar-refractivity contribution in [2.24, 2.45) is 11.3 Å². The van der Waals surface area contributed by atoms with E-state index < -0.39 is 0 Å². The molecule has 1 saturated heterocycles. The first-order valence-corrected chi connectivity index (χ1v) is 7.50. The Labute approximate surface area is 124 Å². The van der Waals surface area contributed by atoms with E-state index >= 15 is 0 Å². The van der Waals surface area contributed by atoms with E-state index in [0.717, 1.165) is 34.3 Å². The maximum Gasteiger partial charge on any atom is 0.0694 e. The molecule has 0 radical (unpaired) electrons. The van der Waals surface area contributed by atoms with Gasteiger partial charge in [0.15, 0.2) is 0 Å². The van der Waals surface area contributed by atoms with Gasteiger partial charge in [-0.1, -0.05) is 37.0 Å². The number of benzene rings is 1. The number of nitrogens with one attached hydrogen (secondary N) is 1.